The lowest BCUT2D eigenvalue weighted by molar-refractivity contribution is 0.111. The number of anilines is 1. The minimum atomic E-state index is -0.522. The number of hydrogen-bond acceptors (Lipinski definition) is 2. The highest BCUT2D eigenvalue weighted by molar-refractivity contribution is 6.35. The van der Waals surface area contributed by atoms with Crippen molar-refractivity contribution in [3.8, 4) is 0 Å². The van der Waals surface area contributed by atoms with Crippen LogP contribution in [0.4, 0.5) is 10.1 Å². The average Bonchev–Trinajstić information content (AvgIpc) is 2.50. The first-order chi connectivity index (χ1) is 10.1. The fourth-order valence-corrected chi connectivity index (χ4v) is 4.10. The molecule has 5 heteroatoms. The molecule has 2 aliphatic rings. The van der Waals surface area contributed by atoms with Crippen LogP contribution in [0.25, 0.3) is 0 Å². The van der Waals surface area contributed by atoms with Crippen molar-refractivity contribution in [2.45, 2.75) is 44.7 Å². The summed E-state index contributed by atoms with van der Waals surface area (Å²) in [6.07, 6.45) is 4.92. The SMILES string of the molecule is CCC1CN2CCCCC2CN1c1cc(Cl)c(F)c(Cl)c1. The highest BCUT2D eigenvalue weighted by Gasteiger charge is 2.34. The number of fused-ring (bicyclic) bond motifs is 1. The van der Waals surface area contributed by atoms with Gasteiger partial charge in [-0.25, -0.2) is 4.39 Å². The van der Waals surface area contributed by atoms with Crippen molar-refractivity contribution in [2.75, 3.05) is 24.5 Å². The molecule has 0 radical (unpaired) electrons. The first-order valence-corrected chi connectivity index (χ1v) is 8.51. The van der Waals surface area contributed by atoms with Gasteiger partial charge in [-0.1, -0.05) is 36.5 Å². The molecule has 2 atom stereocenters. The Kier molecular flexibility index (Phi) is 4.63. The Morgan fingerprint density at radius 1 is 1.19 bits per heavy atom. The summed E-state index contributed by atoms with van der Waals surface area (Å²) in [5.41, 5.74) is 0.948. The Hall–Kier alpha value is -0.510. The Bertz CT molecular complexity index is 500. The summed E-state index contributed by atoms with van der Waals surface area (Å²) in [7, 11) is 0. The van der Waals surface area contributed by atoms with Crippen LogP contribution in [-0.2, 0) is 0 Å². The molecule has 2 fully saturated rings. The second-order valence-electron chi connectivity index (χ2n) is 6.08. The Morgan fingerprint density at radius 3 is 2.57 bits per heavy atom. The summed E-state index contributed by atoms with van der Waals surface area (Å²) in [6, 6.07) is 4.47. The number of rotatable bonds is 2. The Labute approximate surface area is 135 Å². The highest BCUT2D eigenvalue weighted by Crippen LogP contribution is 2.34. The van der Waals surface area contributed by atoms with E-state index < -0.39 is 5.82 Å². The smallest absolute Gasteiger partial charge is 0.160 e. The normalized spacial score (nSPS) is 26.8. The van der Waals surface area contributed by atoms with Crippen LogP contribution < -0.4 is 4.90 Å². The summed E-state index contributed by atoms with van der Waals surface area (Å²) < 4.78 is 13.6. The molecule has 116 valence electrons. The number of piperidine rings is 1. The van der Waals surface area contributed by atoms with Gasteiger partial charge in [0.15, 0.2) is 5.82 Å². The van der Waals surface area contributed by atoms with Crippen molar-refractivity contribution < 1.29 is 4.39 Å². The van der Waals surface area contributed by atoms with Gasteiger partial charge in [0, 0.05) is 30.9 Å². The monoisotopic (exact) mass is 330 g/mol. The van der Waals surface area contributed by atoms with Crippen molar-refractivity contribution >= 4 is 28.9 Å². The molecule has 3 rings (SSSR count). The standard InChI is InChI=1S/C16H21Cl2FN2/c1-2-11-9-20-6-4-3-5-12(20)10-21(11)13-7-14(17)16(19)15(18)8-13/h7-8,11-12H,2-6,9-10H2,1H3. The minimum Gasteiger partial charge on any atom is -0.366 e. The summed E-state index contributed by atoms with van der Waals surface area (Å²) >= 11 is 11.9. The third-order valence-electron chi connectivity index (χ3n) is 4.81. The van der Waals surface area contributed by atoms with E-state index in [0.717, 1.165) is 25.2 Å². The number of hydrogen-bond donors (Lipinski definition) is 0. The molecule has 0 aliphatic carbocycles. The predicted octanol–water partition coefficient (Wildman–Crippen LogP) is 4.59. The second kappa shape index (κ2) is 6.31. The molecule has 2 unspecified atom stereocenters. The topological polar surface area (TPSA) is 6.48 Å². The number of halogens is 3. The lowest BCUT2D eigenvalue weighted by Crippen LogP contribution is -2.59. The van der Waals surface area contributed by atoms with Gasteiger partial charge in [-0.15, -0.1) is 0 Å². The van der Waals surface area contributed by atoms with Gasteiger partial charge < -0.3 is 4.90 Å². The molecule has 0 N–H and O–H groups in total. The fraction of sp³-hybridized carbons (Fsp3) is 0.625. The lowest BCUT2D eigenvalue weighted by Gasteiger charge is -2.49. The van der Waals surface area contributed by atoms with Crippen molar-refractivity contribution in [2.24, 2.45) is 0 Å². The Morgan fingerprint density at radius 2 is 1.90 bits per heavy atom. The van der Waals surface area contributed by atoms with Crippen molar-refractivity contribution in [3.63, 3.8) is 0 Å². The summed E-state index contributed by atoms with van der Waals surface area (Å²) in [6.45, 7) is 5.47. The van der Waals surface area contributed by atoms with Gasteiger partial charge in [0.05, 0.1) is 10.0 Å². The molecule has 2 aliphatic heterocycles. The maximum Gasteiger partial charge on any atom is 0.160 e. The molecule has 2 saturated heterocycles. The predicted molar refractivity (Wildman–Crippen MR) is 87.1 cm³/mol. The number of nitrogens with zero attached hydrogens (tertiary/aromatic N) is 2. The van der Waals surface area contributed by atoms with Crippen LogP contribution in [-0.4, -0.2) is 36.6 Å². The molecular formula is C16H21Cl2FN2. The zero-order valence-corrected chi connectivity index (χ0v) is 13.8. The van der Waals surface area contributed by atoms with Crippen LogP contribution in [0, 0.1) is 5.82 Å². The zero-order chi connectivity index (χ0) is 15.0. The van der Waals surface area contributed by atoms with Gasteiger partial charge in [-0.05, 0) is 37.9 Å². The molecule has 0 aromatic heterocycles. The van der Waals surface area contributed by atoms with E-state index in [1.54, 1.807) is 12.1 Å². The summed E-state index contributed by atoms with van der Waals surface area (Å²) in [4.78, 5) is 4.98. The maximum atomic E-state index is 13.6. The maximum absolute atomic E-state index is 13.6. The highest BCUT2D eigenvalue weighted by atomic mass is 35.5. The lowest BCUT2D eigenvalue weighted by atomic mass is 9.95. The fourth-order valence-electron chi connectivity index (χ4n) is 3.63. The van der Waals surface area contributed by atoms with Crippen LogP contribution in [0.15, 0.2) is 12.1 Å². The first-order valence-electron chi connectivity index (χ1n) is 7.75. The van der Waals surface area contributed by atoms with E-state index in [9.17, 15) is 4.39 Å². The van der Waals surface area contributed by atoms with Gasteiger partial charge in [-0.3, -0.25) is 4.90 Å². The van der Waals surface area contributed by atoms with Gasteiger partial charge in [0.1, 0.15) is 0 Å². The molecule has 0 saturated carbocycles. The summed E-state index contributed by atoms with van der Waals surface area (Å²) in [5, 5.41) is 0.219. The van der Waals surface area contributed by atoms with E-state index in [1.807, 2.05) is 0 Å². The molecule has 2 nitrogen and oxygen atoms in total. The minimum absolute atomic E-state index is 0.110. The van der Waals surface area contributed by atoms with E-state index in [-0.39, 0.29) is 10.0 Å². The van der Waals surface area contributed by atoms with Crippen LogP contribution in [0.1, 0.15) is 32.6 Å². The molecule has 0 spiro atoms. The van der Waals surface area contributed by atoms with Gasteiger partial charge in [0.25, 0.3) is 0 Å². The van der Waals surface area contributed by atoms with Crippen molar-refractivity contribution in [3.05, 3.63) is 28.0 Å². The largest absolute Gasteiger partial charge is 0.366 e. The van der Waals surface area contributed by atoms with Gasteiger partial charge in [0.2, 0.25) is 0 Å². The van der Waals surface area contributed by atoms with Crippen LogP contribution in [0.2, 0.25) is 10.0 Å². The van der Waals surface area contributed by atoms with Crippen molar-refractivity contribution in [1.82, 2.24) is 4.90 Å². The third-order valence-corrected chi connectivity index (χ3v) is 5.36. The van der Waals surface area contributed by atoms with E-state index in [4.69, 9.17) is 23.2 Å². The summed E-state index contributed by atoms with van der Waals surface area (Å²) in [5.74, 6) is -0.522. The number of benzene rings is 1. The molecule has 2 heterocycles. The first kappa shape index (κ1) is 15.4. The Balaban J connectivity index is 1.88. The number of piperazine rings is 1. The van der Waals surface area contributed by atoms with Gasteiger partial charge >= 0.3 is 0 Å². The molecule has 1 aromatic rings. The van der Waals surface area contributed by atoms with Gasteiger partial charge in [-0.2, -0.15) is 0 Å². The van der Waals surface area contributed by atoms with E-state index in [0.29, 0.717) is 12.1 Å². The molecule has 0 bridgehead atoms. The second-order valence-corrected chi connectivity index (χ2v) is 6.90. The van der Waals surface area contributed by atoms with E-state index in [1.165, 1.54) is 25.8 Å². The van der Waals surface area contributed by atoms with E-state index >= 15 is 0 Å². The quantitative estimate of drug-likeness (QED) is 0.732. The molecular weight excluding hydrogens is 310 g/mol. The van der Waals surface area contributed by atoms with Crippen LogP contribution in [0.3, 0.4) is 0 Å². The third kappa shape index (κ3) is 3.01. The molecule has 21 heavy (non-hydrogen) atoms. The molecule has 1 aromatic carbocycles. The molecule has 0 amide bonds. The van der Waals surface area contributed by atoms with Crippen LogP contribution >= 0.6 is 23.2 Å². The van der Waals surface area contributed by atoms with E-state index in [2.05, 4.69) is 16.7 Å². The zero-order valence-electron chi connectivity index (χ0n) is 12.3. The average molecular weight is 331 g/mol. The van der Waals surface area contributed by atoms with Crippen molar-refractivity contribution in [1.29, 1.82) is 0 Å². The van der Waals surface area contributed by atoms with Crippen LogP contribution in [0.5, 0.6) is 0 Å².